The first-order chi connectivity index (χ1) is 15.3. The number of carbonyl (C=O) groups excluding carboxylic acids is 1. The highest BCUT2D eigenvalue weighted by Crippen LogP contribution is 2.25. The fraction of sp³-hybridized carbons (Fsp3) is 0.174. The molecule has 3 aromatic heterocycles. The van der Waals surface area contributed by atoms with Gasteiger partial charge in [0.1, 0.15) is 17.8 Å². The van der Waals surface area contributed by atoms with Crippen molar-refractivity contribution in [3.05, 3.63) is 84.2 Å². The Kier molecular flexibility index (Phi) is 5.75. The average molecular weight is 453 g/mol. The van der Waals surface area contributed by atoms with Gasteiger partial charge in [-0.25, -0.2) is 22.8 Å². The highest BCUT2D eigenvalue weighted by atomic mass is 32.2. The third kappa shape index (κ3) is 4.24. The molecular weight excluding hydrogens is 431 g/mol. The standard InChI is InChI=1S/C23H21FN4O3S/c1-3-18(16-9-12-21(25-13-16)32(2,30)31)27-23(29)20-6-4-5-19-22(26-14-28(19)20)15-7-10-17(24)11-8-15/h4-14,18H,3H2,1-2H3,(H,27,29)/t18-/m0/s1. The minimum absolute atomic E-state index is 0.0149. The molecule has 0 aliphatic heterocycles. The Morgan fingerprint density at radius 2 is 1.84 bits per heavy atom. The van der Waals surface area contributed by atoms with Crippen LogP contribution in [-0.2, 0) is 9.84 Å². The number of benzene rings is 1. The van der Waals surface area contributed by atoms with Crippen LogP contribution in [0.3, 0.4) is 0 Å². The third-order valence-electron chi connectivity index (χ3n) is 5.18. The van der Waals surface area contributed by atoms with Gasteiger partial charge in [0.05, 0.1) is 17.3 Å². The molecule has 0 bridgehead atoms. The normalized spacial score (nSPS) is 12.6. The molecule has 32 heavy (non-hydrogen) atoms. The zero-order valence-electron chi connectivity index (χ0n) is 17.5. The number of carbonyl (C=O) groups is 1. The first kappa shape index (κ1) is 21.6. The van der Waals surface area contributed by atoms with Crippen LogP contribution in [0.1, 0.15) is 35.4 Å². The molecule has 164 valence electrons. The Morgan fingerprint density at radius 1 is 1.09 bits per heavy atom. The second-order valence-electron chi connectivity index (χ2n) is 7.40. The number of nitrogens with zero attached hydrogens (tertiary/aromatic N) is 3. The molecule has 0 radical (unpaired) electrons. The van der Waals surface area contributed by atoms with Gasteiger partial charge >= 0.3 is 0 Å². The summed E-state index contributed by atoms with van der Waals surface area (Å²) in [4.78, 5) is 21.5. The number of halogens is 1. The Morgan fingerprint density at radius 3 is 2.47 bits per heavy atom. The van der Waals surface area contributed by atoms with Gasteiger partial charge in [0.15, 0.2) is 14.9 Å². The van der Waals surface area contributed by atoms with E-state index in [2.05, 4.69) is 15.3 Å². The number of imidazole rings is 1. The number of nitrogens with one attached hydrogen (secondary N) is 1. The first-order valence-corrected chi connectivity index (χ1v) is 11.9. The molecule has 1 N–H and O–H groups in total. The van der Waals surface area contributed by atoms with Gasteiger partial charge in [-0.05, 0) is 54.4 Å². The maximum Gasteiger partial charge on any atom is 0.268 e. The molecule has 0 spiro atoms. The minimum Gasteiger partial charge on any atom is -0.344 e. The van der Waals surface area contributed by atoms with Gasteiger partial charge in [0.25, 0.3) is 5.91 Å². The number of amides is 1. The molecule has 1 atom stereocenters. The zero-order valence-corrected chi connectivity index (χ0v) is 18.3. The number of fused-ring (bicyclic) bond motifs is 1. The summed E-state index contributed by atoms with van der Waals surface area (Å²) in [6.45, 7) is 1.92. The Bertz CT molecular complexity index is 1380. The lowest BCUT2D eigenvalue weighted by atomic mass is 10.1. The molecule has 0 saturated carbocycles. The predicted molar refractivity (Wildman–Crippen MR) is 118 cm³/mol. The molecule has 0 saturated heterocycles. The zero-order chi connectivity index (χ0) is 22.9. The van der Waals surface area contributed by atoms with Crippen molar-refractivity contribution < 1.29 is 17.6 Å². The molecule has 0 unspecified atom stereocenters. The molecule has 4 rings (SSSR count). The highest BCUT2D eigenvalue weighted by molar-refractivity contribution is 7.90. The molecule has 7 nitrogen and oxygen atoms in total. The number of rotatable bonds is 6. The van der Waals surface area contributed by atoms with E-state index in [4.69, 9.17) is 0 Å². The van der Waals surface area contributed by atoms with Crippen molar-refractivity contribution in [2.24, 2.45) is 0 Å². The summed E-state index contributed by atoms with van der Waals surface area (Å²) >= 11 is 0. The van der Waals surface area contributed by atoms with E-state index >= 15 is 0 Å². The van der Waals surface area contributed by atoms with Crippen LogP contribution in [0.4, 0.5) is 4.39 Å². The van der Waals surface area contributed by atoms with E-state index in [9.17, 15) is 17.6 Å². The molecule has 3 heterocycles. The average Bonchev–Trinajstić information content (AvgIpc) is 3.21. The second kappa shape index (κ2) is 8.51. The van der Waals surface area contributed by atoms with Crippen molar-refractivity contribution in [2.45, 2.75) is 24.4 Å². The molecular formula is C23H21FN4O3S. The van der Waals surface area contributed by atoms with E-state index in [1.54, 1.807) is 41.1 Å². The van der Waals surface area contributed by atoms with Crippen LogP contribution in [0, 0.1) is 5.82 Å². The number of hydrogen-bond acceptors (Lipinski definition) is 5. The number of aromatic nitrogens is 3. The van der Waals surface area contributed by atoms with E-state index < -0.39 is 9.84 Å². The molecule has 0 fully saturated rings. The highest BCUT2D eigenvalue weighted by Gasteiger charge is 2.19. The SMILES string of the molecule is CC[C@H](NC(=O)c1cccc2c(-c3ccc(F)cc3)ncn12)c1ccc(S(C)(=O)=O)nc1. The van der Waals surface area contributed by atoms with Crippen molar-refractivity contribution >= 4 is 21.3 Å². The topological polar surface area (TPSA) is 93.4 Å². The summed E-state index contributed by atoms with van der Waals surface area (Å²) in [6.07, 6.45) is 4.72. The smallest absolute Gasteiger partial charge is 0.268 e. The van der Waals surface area contributed by atoms with Gasteiger partial charge in [-0.1, -0.05) is 19.1 Å². The van der Waals surface area contributed by atoms with E-state index in [1.165, 1.54) is 24.4 Å². The summed E-state index contributed by atoms with van der Waals surface area (Å²) in [5.74, 6) is -0.639. The van der Waals surface area contributed by atoms with Crippen molar-refractivity contribution in [1.82, 2.24) is 19.7 Å². The van der Waals surface area contributed by atoms with Gasteiger partial charge in [0.2, 0.25) is 0 Å². The van der Waals surface area contributed by atoms with Crippen LogP contribution in [0.2, 0.25) is 0 Å². The lowest BCUT2D eigenvalue weighted by molar-refractivity contribution is 0.0929. The Labute approximate surface area is 184 Å². The van der Waals surface area contributed by atoms with Gasteiger partial charge < -0.3 is 5.32 Å². The number of sulfone groups is 1. The van der Waals surface area contributed by atoms with Crippen molar-refractivity contribution in [3.63, 3.8) is 0 Å². The Balaban J connectivity index is 1.62. The summed E-state index contributed by atoms with van der Waals surface area (Å²) in [6, 6.07) is 14.1. The summed E-state index contributed by atoms with van der Waals surface area (Å²) in [7, 11) is -3.39. The lowest BCUT2D eigenvalue weighted by Gasteiger charge is -2.18. The van der Waals surface area contributed by atoms with Gasteiger partial charge in [-0.15, -0.1) is 0 Å². The fourth-order valence-electron chi connectivity index (χ4n) is 3.51. The van der Waals surface area contributed by atoms with Crippen LogP contribution in [0.5, 0.6) is 0 Å². The van der Waals surface area contributed by atoms with E-state index in [1.807, 2.05) is 13.0 Å². The predicted octanol–water partition coefficient (Wildman–Crippen LogP) is 3.82. The van der Waals surface area contributed by atoms with E-state index in [-0.39, 0.29) is 22.8 Å². The Hall–Kier alpha value is -3.59. The largest absolute Gasteiger partial charge is 0.344 e. The maximum atomic E-state index is 13.3. The third-order valence-corrected chi connectivity index (χ3v) is 6.18. The van der Waals surface area contributed by atoms with Crippen LogP contribution in [-0.4, -0.2) is 34.9 Å². The van der Waals surface area contributed by atoms with Crippen LogP contribution in [0.25, 0.3) is 16.8 Å². The van der Waals surface area contributed by atoms with Crippen molar-refractivity contribution in [3.8, 4) is 11.3 Å². The molecule has 0 aliphatic carbocycles. The molecule has 1 amide bonds. The number of pyridine rings is 2. The monoisotopic (exact) mass is 452 g/mol. The van der Waals surface area contributed by atoms with E-state index in [0.717, 1.165) is 17.3 Å². The minimum atomic E-state index is -3.39. The van der Waals surface area contributed by atoms with E-state index in [0.29, 0.717) is 23.4 Å². The summed E-state index contributed by atoms with van der Waals surface area (Å²) < 4.78 is 38.2. The molecule has 4 aromatic rings. The summed E-state index contributed by atoms with van der Waals surface area (Å²) in [5.41, 5.74) is 3.21. The second-order valence-corrected chi connectivity index (χ2v) is 9.37. The fourth-order valence-corrected chi connectivity index (χ4v) is 4.06. The van der Waals surface area contributed by atoms with Gasteiger partial charge in [0, 0.05) is 18.0 Å². The van der Waals surface area contributed by atoms with Crippen molar-refractivity contribution in [1.29, 1.82) is 0 Å². The summed E-state index contributed by atoms with van der Waals surface area (Å²) in [5, 5.41) is 2.96. The quantitative estimate of drug-likeness (QED) is 0.480. The maximum absolute atomic E-state index is 13.3. The molecule has 0 aliphatic rings. The van der Waals surface area contributed by atoms with Crippen LogP contribution >= 0.6 is 0 Å². The van der Waals surface area contributed by atoms with Crippen LogP contribution in [0.15, 0.2) is 72.1 Å². The molecule has 1 aromatic carbocycles. The van der Waals surface area contributed by atoms with Gasteiger partial charge in [-0.3, -0.25) is 9.20 Å². The van der Waals surface area contributed by atoms with Gasteiger partial charge in [-0.2, -0.15) is 0 Å². The van der Waals surface area contributed by atoms with Crippen LogP contribution < -0.4 is 5.32 Å². The lowest BCUT2D eigenvalue weighted by Crippen LogP contribution is -2.29. The first-order valence-electron chi connectivity index (χ1n) is 9.97. The van der Waals surface area contributed by atoms with Crippen molar-refractivity contribution in [2.75, 3.05) is 6.26 Å². The molecule has 9 heteroatoms. The number of hydrogen-bond donors (Lipinski definition) is 1.